The molecule has 1 unspecified atom stereocenters. The van der Waals surface area contributed by atoms with Crippen molar-refractivity contribution in [3.05, 3.63) is 52.4 Å². The predicted molar refractivity (Wildman–Crippen MR) is 117 cm³/mol. The number of amides is 1. The molecular weight excluding hydrogens is 445 g/mol. The van der Waals surface area contributed by atoms with Gasteiger partial charge in [0.25, 0.3) is 5.91 Å². The highest BCUT2D eigenvalue weighted by Gasteiger charge is 2.23. The van der Waals surface area contributed by atoms with Gasteiger partial charge in [-0.3, -0.25) is 14.8 Å². The zero-order valence-corrected chi connectivity index (χ0v) is 19.1. The van der Waals surface area contributed by atoms with Crippen molar-refractivity contribution < 1.29 is 18.7 Å². The summed E-state index contributed by atoms with van der Waals surface area (Å²) in [5.41, 5.74) is 0.517. The number of pyridine rings is 1. The molecule has 0 bridgehead atoms. The van der Waals surface area contributed by atoms with Gasteiger partial charge >= 0.3 is 0 Å². The van der Waals surface area contributed by atoms with Crippen molar-refractivity contribution in [1.29, 1.82) is 0 Å². The first-order valence-corrected chi connectivity index (χ1v) is 10.7. The minimum absolute atomic E-state index is 0.0100. The molecule has 1 atom stereocenters. The lowest BCUT2D eigenvalue weighted by Gasteiger charge is -2.17. The topological polar surface area (TPSA) is 99.1 Å². The van der Waals surface area contributed by atoms with Crippen molar-refractivity contribution in [2.24, 2.45) is 0 Å². The highest BCUT2D eigenvalue weighted by atomic mass is 35.5. The van der Waals surface area contributed by atoms with E-state index in [0.29, 0.717) is 23.1 Å². The van der Waals surface area contributed by atoms with Gasteiger partial charge in [-0.1, -0.05) is 25.4 Å². The van der Waals surface area contributed by atoms with Crippen LogP contribution in [0.1, 0.15) is 42.3 Å². The summed E-state index contributed by atoms with van der Waals surface area (Å²) in [6.07, 6.45) is 5.93. The smallest absolute Gasteiger partial charge is 0.280 e. The third-order valence-electron chi connectivity index (χ3n) is 3.69. The van der Waals surface area contributed by atoms with E-state index in [0.717, 1.165) is 11.3 Å². The summed E-state index contributed by atoms with van der Waals surface area (Å²) in [7, 11) is 1.44. The lowest BCUT2D eigenvalue weighted by atomic mass is 10.2. The number of carbonyl (C=O) groups is 1. The maximum Gasteiger partial charge on any atom is 0.280 e. The van der Waals surface area contributed by atoms with E-state index in [4.69, 9.17) is 21.1 Å². The highest BCUT2D eigenvalue weighted by molar-refractivity contribution is 7.16. The van der Waals surface area contributed by atoms with Gasteiger partial charge in [0.15, 0.2) is 10.8 Å². The molecular formula is C20H23ClFN5O3S. The standard InChI is InChI=1S/C18H17ClFN5O3S.C2H6/c1-3-28-14-8-21-6-11(24-14)13-7-23-18(29-13)17(26)25-12(9-27-2)16-15(20)10(19)4-5-22-16;1-2/h4-8,12H,3,9H2,1-2H3,(H,25,26);1-2H3. The lowest BCUT2D eigenvalue weighted by Crippen LogP contribution is -2.32. The van der Waals surface area contributed by atoms with Gasteiger partial charge in [-0.05, 0) is 13.0 Å². The van der Waals surface area contributed by atoms with Crippen LogP contribution in [0.4, 0.5) is 4.39 Å². The van der Waals surface area contributed by atoms with Crippen molar-refractivity contribution in [3.63, 3.8) is 0 Å². The Labute approximate surface area is 188 Å². The molecule has 3 rings (SSSR count). The van der Waals surface area contributed by atoms with Crippen molar-refractivity contribution in [1.82, 2.24) is 25.3 Å². The number of nitrogens with one attached hydrogen (secondary N) is 1. The van der Waals surface area contributed by atoms with E-state index in [9.17, 15) is 9.18 Å². The van der Waals surface area contributed by atoms with Gasteiger partial charge in [-0.15, -0.1) is 11.3 Å². The van der Waals surface area contributed by atoms with Crippen LogP contribution in [0.25, 0.3) is 10.6 Å². The van der Waals surface area contributed by atoms with Crippen LogP contribution in [0.5, 0.6) is 5.88 Å². The second-order valence-electron chi connectivity index (χ2n) is 5.68. The van der Waals surface area contributed by atoms with Crippen molar-refractivity contribution >= 4 is 28.8 Å². The van der Waals surface area contributed by atoms with Gasteiger partial charge < -0.3 is 14.8 Å². The van der Waals surface area contributed by atoms with Crippen LogP contribution in [-0.2, 0) is 4.74 Å². The maximum absolute atomic E-state index is 14.3. The molecule has 0 aliphatic carbocycles. The Balaban J connectivity index is 0.00000166. The minimum atomic E-state index is -0.834. The fraction of sp³-hybridized carbons (Fsp3) is 0.350. The van der Waals surface area contributed by atoms with E-state index in [-0.39, 0.29) is 22.3 Å². The van der Waals surface area contributed by atoms with Gasteiger partial charge in [0.1, 0.15) is 11.4 Å². The molecule has 0 saturated carbocycles. The average Bonchev–Trinajstić information content (AvgIpc) is 3.28. The first-order valence-electron chi connectivity index (χ1n) is 9.54. The predicted octanol–water partition coefficient (Wildman–Crippen LogP) is 4.33. The number of hydrogen-bond acceptors (Lipinski definition) is 8. The number of methoxy groups -OCH3 is 1. The second kappa shape index (κ2) is 12.2. The van der Waals surface area contributed by atoms with E-state index < -0.39 is 17.8 Å². The van der Waals surface area contributed by atoms with E-state index in [1.165, 1.54) is 31.8 Å². The first kappa shape index (κ1) is 24.6. The van der Waals surface area contributed by atoms with E-state index >= 15 is 0 Å². The molecule has 3 heterocycles. The van der Waals surface area contributed by atoms with Crippen LogP contribution >= 0.6 is 22.9 Å². The Morgan fingerprint density at radius 3 is 2.77 bits per heavy atom. The van der Waals surface area contributed by atoms with E-state index in [1.54, 1.807) is 6.20 Å². The molecule has 1 N–H and O–H groups in total. The SMILES string of the molecule is CC.CCOc1cncc(-c2cnc(C(=O)NC(COC)c3nccc(Cl)c3F)s2)n1. The van der Waals surface area contributed by atoms with Crippen molar-refractivity contribution in [3.8, 4) is 16.5 Å². The number of thiazole rings is 1. The molecule has 166 valence electrons. The number of aromatic nitrogens is 4. The van der Waals surface area contributed by atoms with Crippen LogP contribution < -0.4 is 10.1 Å². The molecule has 3 aromatic rings. The lowest BCUT2D eigenvalue weighted by molar-refractivity contribution is 0.0892. The Morgan fingerprint density at radius 2 is 2.06 bits per heavy atom. The second-order valence-corrected chi connectivity index (χ2v) is 7.12. The molecule has 0 aromatic carbocycles. The minimum Gasteiger partial charge on any atom is -0.477 e. The number of carbonyl (C=O) groups excluding carboxylic acids is 1. The number of hydrogen-bond donors (Lipinski definition) is 1. The van der Waals surface area contributed by atoms with Crippen LogP contribution in [0, 0.1) is 5.82 Å². The number of halogens is 2. The molecule has 31 heavy (non-hydrogen) atoms. The van der Waals surface area contributed by atoms with Gasteiger partial charge in [0.05, 0.1) is 41.5 Å². The molecule has 0 aliphatic rings. The molecule has 0 fully saturated rings. The van der Waals surface area contributed by atoms with Crippen LogP contribution in [0.2, 0.25) is 5.02 Å². The molecule has 0 saturated heterocycles. The van der Waals surface area contributed by atoms with Crippen LogP contribution in [0.15, 0.2) is 30.9 Å². The summed E-state index contributed by atoms with van der Waals surface area (Å²) in [5.74, 6) is -0.829. The summed E-state index contributed by atoms with van der Waals surface area (Å²) >= 11 is 6.94. The van der Waals surface area contributed by atoms with Crippen molar-refractivity contribution in [2.45, 2.75) is 26.8 Å². The molecule has 8 nitrogen and oxygen atoms in total. The van der Waals surface area contributed by atoms with E-state index in [1.807, 2.05) is 20.8 Å². The Kier molecular flexibility index (Phi) is 9.70. The first-order chi connectivity index (χ1) is 15.0. The normalized spacial score (nSPS) is 11.3. The number of nitrogens with zero attached hydrogens (tertiary/aromatic N) is 4. The van der Waals surface area contributed by atoms with Crippen molar-refractivity contribution in [2.75, 3.05) is 20.3 Å². The van der Waals surface area contributed by atoms with Crippen LogP contribution in [-0.4, -0.2) is 46.2 Å². The monoisotopic (exact) mass is 467 g/mol. The van der Waals surface area contributed by atoms with Crippen LogP contribution in [0.3, 0.4) is 0 Å². The zero-order valence-electron chi connectivity index (χ0n) is 17.6. The molecule has 1 amide bonds. The zero-order chi connectivity index (χ0) is 22.8. The Hall–Kier alpha value is -2.69. The molecule has 0 aliphatic heterocycles. The molecule has 0 radical (unpaired) electrons. The van der Waals surface area contributed by atoms with E-state index in [2.05, 4.69) is 25.3 Å². The summed E-state index contributed by atoms with van der Waals surface area (Å²) in [5, 5.41) is 2.76. The van der Waals surface area contributed by atoms with Gasteiger partial charge in [0.2, 0.25) is 5.88 Å². The summed E-state index contributed by atoms with van der Waals surface area (Å²) < 4.78 is 24.7. The highest BCUT2D eigenvalue weighted by Crippen LogP contribution is 2.26. The Bertz CT molecular complexity index is 1000. The fourth-order valence-electron chi connectivity index (χ4n) is 2.44. The summed E-state index contributed by atoms with van der Waals surface area (Å²) in [4.78, 5) is 29.8. The third kappa shape index (κ3) is 6.39. The number of rotatable bonds is 8. The molecule has 3 aromatic heterocycles. The fourth-order valence-corrected chi connectivity index (χ4v) is 3.36. The third-order valence-corrected chi connectivity index (χ3v) is 5.01. The van der Waals surface area contributed by atoms with Gasteiger partial charge in [-0.25, -0.2) is 14.4 Å². The Morgan fingerprint density at radius 1 is 1.29 bits per heavy atom. The summed E-state index contributed by atoms with van der Waals surface area (Å²) in [6, 6.07) is 0.496. The maximum atomic E-state index is 14.3. The van der Waals surface area contributed by atoms with Gasteiger partial charge in [-0.2, -0.15) is 0 Å². The van der Waals surface area contributed by atoms with Gasteiger partial charge in [0, 0.05) is 19.5 Å². The summed E-state index contributed by atoms with van der Waals surface area (Å²) in [6.45, 7) is 6.32. The molecule has 0 spiro atoms. The number of ether oxygens (including phenoxy) is 2. The largest absolute Gasteiger partial charge is 0.477 e. The quantitative estimate of drug-likeness (QED) is 0.526. The molecule has 11 heteroatoms. The average molecular weight is 468 g/mol.